The fourth-order valence-electron chi connectivity index (χ4n) is 4.50. The molecule has 0 radical (unpaired) electrons. The zero-order chi connectivity index (χ0) is 16.7. The lowest BCUT2D eigenvalue weighted by atomic mass is 9.74. The van der Waals surface area contributed by atoms with E-state index in [0.717, 1.165) is 24.5 Å². The van der Waals surface area contributed by atoms with Crippen LogP contribution in [0.1, 0.15) is 34.6 Å². The average molecular weight is 323 g/mol. The SMILES string of the molecule is COc1cc2c(cc1OC)[C@@H]1c3ccccc3CC[C@@H]1N(C)CC2. The van der Waals surface area contributed by atoms with Crippen molar-refractivity contribution in [2.75, 3.05) is 27.8 Å². The number of rotatable bonds is 2. The van der Waals surface area contributed by atoms with E-state index in [4.69, 9.17) is 9.47 Å². The van der Waals surface area contributed by atoms with Gasteiger partial charge in [0.15, 0.2) is 11.5 Å². The summed E-state index contributed by atoms with van der Waals surface area (Å²) < 4.78 is 11.1. The molecule has 0 spiro atoms. The second-order valence-electron chi connectivity index (χ2n) is 6.92. The number of ether oxygens (including phenoxy) is 2. The van der Waals surface area contributed by atoms with Crippen LogP contribution < -0.4 is 9.47 Å². The van der Waals surface area contributed by atoms with E-state index in [1.807, 2.05) is 0 Å². The lowest BCUT2D eigenvalue weighted by molar-refractivity contribution is 0.214. The maximum absolute atomic E-state index is 5.60. The number of aryl methyl sites for hydroxylation is 1. The molecule has 3 nitrogen and oxygen atoms in total. The summed E-state index contributed by atoms with van der Waals surface area (Å²) in [6.45, 7) is 1.09. The summed E-state index contributed by atoms with van der Waals surface area (Å²) in [4.78, 5) is 2.54. The first kappa shape index (κ1) is 15.5. The van der Waals surface area contributed by atoms with E-state index in [1.54, 1.807) is 14.2 Å². The van der Waals surface area contributed by atoms with Crippen molar-refractivity contribution in [3.8, 4) is 11.5 Å². The lowest BCUT2D eigenvalue weighted by Gasteiger charge is -2.38. The predicted molar refractivity (Wildman–Crippen MR) is 96.3 cm³/mol. The van der Waals surface area contributed by atoms with Crippen molar-refractivity contribution in [2.45, 2.75) is 31.2 Å². The highest BCUT2D eigenvalue weighted by Gasteiger charge is 2.36. The minimum absolute atomic E-state index is 0.414. The normalized spacial score (nSPS) is 22.8. The topological polar surface area (TPSA) is 21.7 Å². The molecular weight excluding hydrogens is 298 g/mol. The molecule has 0 fully saturated rings. The van der Waals surface area contributed by atoms with Gasteiger partial charge in [0.1, 0.15) is 0 Å². The van der Waals surface area contributed by atoms with Gasteiger partial charge in [-0.15, -0.1) is 0 Å². The number of benzene rings is 2. The molecule has 0 amide bonds. The van der Waals surface area contributed by atoms with Crippen molar-refractivity contribution in [3.63, 3.8) is 0 Å². The zero-order valence-corrected chi connectivity index (χ0v) is 14.7. The molecule has 24 heavy (non-hydrogen) atoms. The maximum atomic E-state index is 5.60. The number of methoxy groups -OCH3 is 2. The summed E-state index contributed by atoms with van der Waals surface area (Å²) >= 11 is 0. The minimum Gasteiger partial charge on any atom is -0.493 e. The van der Waals surface area contributed by atoms with Gasteiger partial charge < -0.3 is 14.4 Å². The standard InChI is InChI=1S/C21H25NO2/c1-22-11-10-15-12-19(23-2)20(24-3)13-17(15)21-16-7-5-4-6-14(16)8-9-18(21)22/h4-7,12-13,18,21H,8-11H2,1-3H3/t18-,21-/m0/s1. The van der Waals surface area contributed by atoms with Crippen LogP contribution in [0.5, 0.6) is 11.5 Å². The van der Waals surface area contributed by atoms with Crippen LogP contribution in [0.4, 0.5) is 0 Å². The molecule has 0 saturated heterocycles. The van der Waals surface area contributed by atoms with E-state index >= 15 is 0 Å². The summed E-state index contributed by atoms with van der Waals surface area (Å²) in [5, 5.41) is 0. The van der Waals surface area contributed by atoms with E-state index in [9.17, 15) is 0 Å². The molecule has 126 valence electrons. The first-order chi connectivity index (χ1) is 11.7. The van der Waals surface area contributed by atoms with Gasteiger partial charge in [0, 0.05) is 18.5 Å². The van der Waals surface area contributed by atoms with Gasteiger partial charge >= 0.3 is 0 Å². The van der Waals surface area contributed by atoms with Crippen molar-refractivity contribution >= 4 is 0 Å². The van der Waals surface area contributed by atoms with Gasteiger partial charge in [-0.2, -0.15) is 0 Å². The average Bonchev–Trinajstić information content (AvgIpc) is 2.77. The van der Waals surface area contributed by atoms with Crippen molar-refractivity contribution in [1.29, 1.82) is 0 Å². The molecule has 1 aliphatic carbocycles. The Kier molecular flexibility index (Phi) is 3.97. The summed E-state index contributed by atoms with van der Waals surface area (Å²) in [7, 11) is 5.71. The highest BCUT2D eigenvalue weighted by atomic mass is 16.5. The predicted octanol–water partition coefficient (Wildman–Crippen LogP) is 3.64. The van der Waals surface area contributed by atoms with Crippen molar-refractivity contribution in [2.24, 2.45) is 0 Å². The Morgan fingerprint density at radius 3 is 2.46 bits per heavy atom. The molecule has 0 bridgehead atoms. The third kappa shape index (κ3) is 2.39. The Morgan fingerprint density at radius 2 is 1.67 bits per heavy atom. The Hall–Kier alpha value is -2.00. The third-order valence-electron chi connectivity index (χ3n) is 5.76. The number of hydrogen-bond donors (Lipinski definition) is 0. The highest BCUT2D eigenvalue weighted by molar-refractivity contribution is 5.53. The van der Waals surface area contributed by atoms with Crippen molar-refractivity contribution in [1.82, 2.24) is 4.90 Å². The van der Waals surface area contributed by atoms with Crippen LogP contribution in [0.3, 0.4) is 0 Å². The molecule has 4 rings (SSSR count). The largest absolute Gasteiger partial charge is 0.493 e. The van der Waals surface area contributed by atoms with Crippen LogP contribution in [0.25, 0.3) is 0 Å². The molecule has 3 heteroatoms. The summed E-state index contributed by atoms with van der Waals surface area (Å²) in [6, 6.07) is 13.9. The number of likely N-dealkylation sites (N-methyl/N-ethyl adjacent to an activating group) is 1. The monoisotopic (exact) mass is 323 g/mol. The number of nitrogens with zero attached hydrogens (tertiary/aromatic N) is 1. The van der Waals surface area contributed by atoms with E-state index in [2.05, 4.69) is 48.3 Å². The van der Waals surface area contributed by atoms with Gasteiger partial charge in [0.25, 0.3) is 0 Å². The Balaban J connectivity index is 1.92. The second-order valence-corrected chi connectivity index (χ2v) is 6.92. The van der Waals surface area contributed by atoms with E-state index in [-0.39, 0.29) is 0 Å². The van der Waals surface area contributed by atoms with Gasteiger partial charge in [0.2, 0.25) is 0 Å². The third-order valence-corrected chi connectivity index (χ3v) is 5.76. The van der Waals surface area contributed by atoms with Gasteiger partial charge in [-0.1, -0.05) is 24.3 Å². The molecule has 2 aliphatic rings. The van der Waals surface area contributed by atoms with Gasteiger partial charge in [0.05, 0.1) is 14.2 Å². The number of fused-ring (bicyclic) bond motifs is 5. The van der Waals surface area contributed by atoms with Crippen LogP contribution in [0.2, 0.25) is 0 Å². The van der Waals surface area contributed by atoms with E-state index in [1.165, 1.54) is 35.1 Å². The Morgan fingerprint density at radius 1 is 0.917 bits per heavy atom. The Labute approximate surface area is 144 Å². The fourth-order valence-corrected chi connectivity index (χ4v) is 4.50. The molecule has 2 aromatic rings. The first-order valence-corrected chi connectivity index (χ1v) is 8.75. The Bertz CT molecular complexity index is 755. The van der Waals surface area contributed by atoms with Crippen LogP contribution in [0.15, 0.2) is 36.4 Å². The molecule has 2 atom stereocenters. The molecule has 0 aromatic heterocycles. The van der Waals surface area contributed by atoms with Crippen LogP contribution in [-0.4, -0.2) is 38.8 Å². The molecular formula is C21H25NO2. The van der Waals surface area contributed by atoms with Gasteiger partial charge in [-0.3, -0.25) is 0 Å². The molecule has 1 heterocycles. The quantitative estimate of drug-likeness (QED) is 0.842. The van der Waals surface area contributed by atoms with Crippen LogP contribution in [-0.2, 0) is 12.8 Å². The van der Waals surface area contributed by atoms with E-state index < -0.39 is 0 Å². The summed E-state index contributed by atoms with van der Waals surface area (Å²) in [6.07, 6.45) is 3.44. The van der Waals surface area contributed by atoms with Crippen molar-refractivity contribution < 1.29 is 9.47 Å². The summed E-state index contributed by atoms with van der Waals surface area (Å²) in [5.41, 5.74) is 5.78. The number of hydrogen-bond acceptors (Lipinski definition) is 3. The molecule has 1 aliphatic heterocycles. The lowest BCUT2D eigenvalue weighted by Crippen LogP contribution is -2.39. The van der Waals surface area contributed by atoms with Gasteiger partial charge in [-0.25, -0.2) is 0 Å². The first-order valence-electron chi connectivity index (χ1n) is 8.75. The fraction of sp³-hybridized carbons (Fsp3) is 0.429. The minimum atomic E-state index is 0.414. The molecule has 0 saturated carbocycles. The maximum Gasteiger partial charge on any atom is 0.161 e. The highest BCUT2D eigenvalue weighted by Crippen LogP contribution is 2.45. The molecule has 0 N–H and O–H groups in total. The van der Waals surface area contributed by atoms with Crippen LogP contribution in [0, 0.1) is 0 Å². The van der Waals surface area contributed by atoms with Crippen molar-refractivity contribution in [3.05, 3.63) is 58.7 Å². The molecule has 2 aromatic carbocycles. The van der Waals surface area contributed by atoms with Gasteiger partial charge in [-0.05, 0) is 60.7 Å². The van der Waals surface area contributed by atoms with E-state index in [0.29, 0.717) is 12.0 Å². The second kappa shape index (κ2) is 6.14. The zero-order valence-electron chi connectivity index (χ0n) is 14.7. The smallest absolute Gasteiger partial charge is 0.161 e. The summed E-state index contributed by atoms with van der Waals surface area (Å²) in [5.74, 6) is 2.08. The molecule has 0 unspecified atom stereocenters. The van der Waals surface area contributed by atoms with Crippen LogP contribution >= 0.6 is 0 Å².